The predicted octanol–water partition coefficient (Wildman–Crippen LogP) is 0.525. The van der Waals surface area contributed by atoms with E-state index in [-0.39, 0.29) is 23.5 Å². The number of aromatic carboxylic acids is 1. The van der Waals surface area contributed by atoms with E-state index in [1.54, 1.807) is 11.8 Å². The van der Waals surface area contributed by atoms with Gasteiger partial charge in [0.2, 0.25) is 0 Å². The summed E-state index contributed by atoms with van der Waals surface area (Å²) in [6.45, 7) is 3.00. The molecule has 0 aliphatic carbocycles. The summed E-state index contributed by atoms with van der Waals surface area (Å²) < 4.78 is 4.93. The summed E-state index contributed by atoms with van der Waals surface area (Å²) in [4.78, 5) is 43.9. The fourth-order valence-electron chi connectivity index (χ4n) is 2.34. The Morgan fingerprint density at radius 1 is 1.26 bits per heavy atom. The molecule has 9 nitrogen and oxygen atoms in total. The second-order valence-electron chi connectivity index (χ2n) is 4.99. The molecule has 0 saturated carbocycles. The molecule has 1 saturated heterocycles. The van der Waals surface area contributed by atoms with Crippen molar-refractivity contribution in [3.05, 3.63) is 23.8 Å². The number of carbonyl (C=O) groups is 3. The number of piperidine rings is 1. The van der Waals surface area contributed by atoms with Gasteiger partial charge in [0.05, 0.1) is 6.61 Å². The fraction of sp³-hybridized carbons (Fsp3) is 0.500. The van der Waals surface area contributed by atoms with Crippen molar-refractivity contribution in [2.45, 2.75) is 25.8 Å². The van der Waals surface area contributed by atoms with Crippen LogP contribution in [0.4, 0.5) is 4.79 Å². The lowest BCUT2D eigenvalue weighted by Crippen LogP contribution is -2.47. The van der Waals surface area contributed by atoms with Crippen molar-refractivity contribution >= 4 is 18.0 Å². The molecule has 23 heavy (non-hydrogen) atoms. The van der Waals surface area contributed by atoms with E-state index in [4.69, 9.17) is 9.84 Å². The van der Waals surface area contributed by atoms with Crippen LogP contribution in [0.15, 0.2) is 12.4 Å². The third-order valence-corrected chi connectivity index (χ3v) is 3.47. The molecule has 9 heteroatoms. The van der Waals surface area contributed by atoms with Gasteiger partial charge in [0.15, 0.2) is 11.4 Å². The molecule has 0 unspecified atom stereocenters. The number of ether oxygens (including phenoxy) is 1. The molecule has 124 valence electrons. The van der Waals surface area contributed by atoms with Gasteiger partial charge in [-0.25, -0.2) is 19.6 Å². The van der Waals surface area contributed by atoms with E-state index in [0.29, 0.717) is 32.5 Å². The van der Waals surface area contributed by atoms with Crippen molar-refractivity contribution in [1.29, 1.82) is 0 Å². The first-order valence-corrected chi connectivity index (χ1v) is 7.29. The number of nitrogens with one attached hydrogen (secondary N) is 1. The molecule has 0 aromatic carbocycles. The van der Waals surface area contributed by atoms with Gasteiger partial charge in [0, 0.05) is 31.5 Å². The van der Waals surface area contributed by atoms with Crippen molar-refractivity contribution in [3.63, 3.8) is 0 Å². The molecule has 2 heterocycles. The maximum Gasteiger partial charge on any atom is 0.409 e. The predicted molar refractivity (Wildman–Crippen MR) is 78.1 cm³/mol. The van der Waals surface area contributed by atoms with Crippen LogP contribution in [-0.4, -0.2) is 63.7 Å². The van der Waals surface area contributed by atoms with Crippen LogP contribution in [0.5, 0.6) is 0 Å². The summed E-state index contributed by atoms with van der Waals surface area (Å²) in [5.74, 6) is -1.88. The summed E-state index contributed by atoms with van der Waals surface area (Å²) in [7, 11) is 0. The number of hydrogen-bond donors (Lipinski definition) is 2. The van der Waals surface area contributed by atoms with E-state index in [0.717, 1.165) is 0 Å². The smallest absolute Gasteiger partial charge is 0.409 e. The van der Waals surface area contributed by atoms with Crippen LogP contribution in [-0.2, 0) is 4.74 Å². The molecule has 2 amide bonds. The number of nitrogens with zero attached hydrogens (tertiary/aromatic N) is 3. The van der Waals surface area contributed by atoms with Gasteiger partial charge in [-0.1, -0.05) is 0 Å². The summed E-state index contributed by atoms with van der Waals surface area (Å²) in [6.07, 6.45) is 3.25. The Balaban J connectivity index is 1.93. The van der Waals surface area contributed by atoms with Gasteiger partial charge in [-0.15, -0.1) is 0 Å². The number of aromatic nitrogens is 2. The molecular weight excluding hydrogens is 304 g/mol. The zero-order valence-corrected chi connectivity index (χ0v) is 12.7. The Hall–Kier alpha value is -2.71. The molecule has 2 rings (SSSR count). The van der Waals surface area contributed by atoms with Gasteiger partial charge in [-0.3, -0.25) is 4.79 Å². The molecule has 0 bridgehead atoms. The molecule has 1 fully saturated rings. The van der Waals surface area contributed by atoms with E-state index in [9.17, 15) is 14.4 Å². The third kappa shape index (κ3) is 4.15. The molecule has 1 aromatic heterocycles. The van der Waals surface area contributed by atoms with E-state index in [1.807, 2.05) is 0 Å². The third-order valence-electron chi connectivity index (χ3n) is 3.47. The van der Waals surface area contributed by atoms with Gasteiger partial charge in [-0.2, -0.15) is 0 Å². The summed E-state index contributed by atoms with van der Waals surface area (Å²) in [5, 5.41) is 11.8. The number of rotatable bonds is 4. The topological polar surface area (TPSA) is 122 Å². The quantitative estimate of drug-likeness (QED) is 0.829. The highest BCUT2D eigenvalue weighted by Crippen LogP contribution is 2.12. The Labute approximate surface area is 132 Å². The van der Waals surface area contributed by atoms with Crippen molar-refractivity contribution in [3.8, 4) is 0 Å². The zero-order chi connectivity index (χ0) is 16.8. The molecular formula is C14H18N4O5. The number of amides is 2. The van der Waals surface area contributed by atoms with Crippen molar-refractivity contribution in [1.82, 2.24) is 20.2 Å². The molecule has 1 aliphatic rings. The molecule has 1 aromatic rings. The number of hydrogen-bond acceptors (Lipinski definition) is 6. The second-order valence-corrected chi connectivity index (χ2v) is 4.99. The molecule has 0 atom stereocenters. The molecule has 0 spiro atoms. The first kappa shape index (κ1) is 16.7. The normalized spacial score (nSPS) is 15.1. The zero-order valence-electron chi connectivity index (χ0n) is 12.7. The van der Waals surface area contributed by atoms with Gasteiger partial charge in [0.1, 0.15) is 0 Å². The van der Waals surface area contributed by atoms with Crippen LogP contribution < -0.4 is 5.32 Å². The average Bonchev–Trinajstić information content (AvgIpc) is 2.55. The Morgan fingerprint density at radius 3 is 2.43 bits per heavy atom. The Kier molecular flexibility index (Phi) is 5.45. The SMILES string of the molecule is CCOC(=O)N1CCC(NC(=O)c2nccnc2C(=O)O)CC1. The lowest BCUT2D eigenvalue weighted by atomic mass is 10.1. The largest absolute Gasteiger partial charge is 0.476 e. The summed E-state index contributed by atoms with van der Waals surface area (Å²) >= 11 is 0. The fourth-order valence-corrected chi connectivity index (χ4v) is 2.34. The average molecular weight is 322 g/mol. The first-order valence-electron chi connectivity index (χ1n) is 7.29. The summed E-state index contributed by atoms with van der Waals surface area (Å²) in [6, 6.07) is -0.156. The number of likely N-dealkylation sites (tertiary alicyclic amines) is 1. The van der Waals surface area contributed by atoms with Crippen LogP contribution in [0, 0.1) is 0 Å². The minimum atomic E-state index is -1.31. The van der Waals surface area contributed by atoms with Gasteiger partial charge in [-0.05, 0) is 19.8 Å². The van der Waals surface area contributed by atoms with E-state index in [1.165, 1.54) is 12.4 Å². The lowest BCUT2D eigenvalue weighted by Gasteiger charge is -2.31. The van der Waals surface area contributed by atoms with Crippen molar-refractivity contribution in [2.24, 2.45) is 0 Å². The Morgan fingerprint density at radius 2 is 1.87 bits per heavy atom. The standard InChI is InChI=1S/C14H18N4O5/c1-2-23-14(22)18-7-3-9(4-8-18)17-12(19)10-11(13(20)21)16-6-5-15-10/h5-6,9H,2-4,7-8H2,1H3,(H,17,19)(H,20,21). The van der Waals surface area contributed by atoms with Gasteiger partial charge < -0.3 is 20.1 Å². The van der Waals surface area contributed by atoms with Crippen LogP contribution in [0.25, 0.3) is 0 Å². The Bertz CT molecular complexity index is 599. The highest BCUT2D eigenvalue weighted by atomic mass is 16.6. The second kappa shape index (κ2) is 7.52. The molecule has 0 radical (unpaired) electrons. The number of carboxylic acid groups (broad SMARTS) is 1. The molecule has 1 aliphatic heterocycles. The summed E-state index contributed by atoms with van der Waals surface area (Å²) in [5.41, 5.74) is -0.596. The minimum absolute atomic E-state index is 0.156. The maximum atomic E-state index is 12.2. The van der Waals surface area contributed by atoms with Crippen LogP contribution in [0.1, 0.15) is 40.7 Å². The highest BCUT2D eigenvalue weighted by Gasteiger charge is 2.26. The molecule has 2 N–H and O–H groups in total. The number of carboxylic acids is 1. The van der Waals surface area contributed by atoms with E-state index >= 15 is 0 Å². The van der Waals surface area contributed by atoms with Crippen molar-refractivity contribution in [2.75, 3.05) is 19.7 Å². The first-order chi connectivity index (χ1) is 11.0. The lowest BCUT2D eigenvalue weighted by molar-refractivity contribution is 0.0680. The number of carbonyl (C=O) groups excluding carboxylic acids is 2. The monoisotopic (exact) mass is 322 g/mol. The van der Waals surface area contributed by atoms with Gasteiger partial charge in [0.25, 0.3) is 5.91 Å². The minimum Gasteiger partial charge on any atom is -0.476 e. The maximum absolute atomic E-state index is 12.2. The van der Waals surface area contributed by atoms with E-state index in [2.05, 4.69) is 15.3 Å². The van der Waals surface area contributed by atoms with Gasteiger partial charge >= 0.3 is 12.1 Å². The van der Waals surface area contributed by atoms with Crippen molar-refractivity contribution < 1.29 is 24.2 Å². The highest BCUT2D eigenvalue weighted by molar-refractivity contribution is 6.02. The van der Waals surface area contributed by atoms with Crippen LogP contribution in [0.2, 0.25) is 0 Å². The van der Waals surface area contributed by atoms with Crippen LogP contribution >= 0.6 is 0 Å². The van der Waals surface area contributed by atoms with E-state index < -0.39 is 11.9 Å². The van der Waals surface area contributed by atoms with Crippen LogP contribution in [0.3, 0.4) is 0 Å².